The summed E-state index contributed by atoms with van der Waals surface area (Å²) in [4.78, 5) is 1.04. The van der Waals surface area contributed by atoms with Crippen LogP contribution in [0.2, 0.25) is 0 Å². The maximum atomic E-state index is 4.35. The molecule has 1 heterocycles. The highest BCUT2D eigenvalue weighted by Crippen LogP contribution is 2.21. The summed E-state index contributed by atoms with van der Waals surface area (Å²) in [6.45, 7) is 0. The molecule has 0 amide bonds. The molecular weight excluding hydrogens is 154 g/mol. The Morgan fingerprint density at radius 3 is 2.82 bits per heavy atom. The van der Waals surface area contributed by atoms with Gasteiger partial charge in [-0.1, -0.05) is 6.07 Å². The van der Waals surface area contributed by atoms with Gasteiger partial charge in [0.1, 0.15) is 0 Å². The molecule has 0 saturated carbocycles. The number of hydrogen-bond donors (Lipinski definition) is 1. The van der Waals surface area contributed by atoms with E-state index in [4.69, 9.17) is 0 Å². The van der Waals surface area contributed by atoms with E-state index in [0.29, 0.717) is 0 Å². The van der Waals surface area contributed by atoms with Gasteiger partial charge in [0.2, 0.25) is 0 Å². The quantitative estimate of drug-likeness (QED) is 0.569. The van der Waals surface area contributed by atoms with E-state index in [1.165, 1.54) is 10.9 Å². The summed E-state index contributed by atoms with van der Waals surface area (Å²) in [5.74, 6) is 0. The zero-order valence-electron chi connectivity index (χ0n) is 6.28. The van der Waals surface area contributed by atoms with Crippen molar-refractivity contribution >= 4 is 23.5 Å². The summed E-state index contributed by atoms with van der Waals surface area (Å²) in [7, 11) is 2.04. The van der Waals surface area contributed by atoms with E-state index in [1.54, 1.807) is 0 Å². The van der Waals surface area contributed by atoms with Crippen LogP contribution in [-0.2, 0) is 7.05 Å². The average Bonchev–Trinajstić information content (AvgIpc) is 2.35. The summed E-state index contributed by atoms with van der Waals surface area (Å²) in [6, 6.07) is 8.20. The molecule has 0 fully saturated rings. The molecule has 0 aliphatic heterocycles. The number of thiol groups is 1. The third-order valence-corrected chi connectivity index (χ3v) is 2.29. The fourth-order valence-corrected chi connectivity index (χ4v) is 1.56. The number of nitrogens with zero attached hydrogens (tertiary/aromatic N) is 1. The van der Waals surface area contributed by atoms with Crippen molar-refractivity contribution < 1.29 is 0 Å². The first-order chi connectivity index (χ1) is 5.29. The Bertz CT molecular complexity index is 389. The number of hydrogen-bond acceptors (Lipinski definition) is 1. The fraction of sp³-hybridized carbons (Fsp3) is 0.111. The number of fused-ring (bicyclic) bond motifs is 1. The Kier molecular flexibility index (Phi) is 1.43. The van der Waals surface area contributed by atoms with Crippen LogP contribution < -0.4 is 0 Å². The molecule has 2 rings (SSSR count). The number of aromatic nitrogens is 1. The van der Waals surface area contributed by atoms with E-state index in [2.05, 4.69) is 29.3 Å². The Morgan fingerprint density at radius 2 is 2.09 bits per heavy atom. The molecule has 2 aromatic rings. The zero-order chi connectivity index (χ0) is 7.84. The van der Waals surface area contributed by atoms with Crippen LogP contribution in [0, 0.1) is 0 Å². The summed E-state index contributed by atoms with van der Waals surface area (Å²) in [6.07, 6.45) is 2.05. The topological polar surface area (TPSA) is 4.93 Å². The van der Waals surface area contributed by atoms with E-state index in [-0.39, 0.29) is 0 Å². The van der Waals surface area contributed by atoms with Gasteiger partial charge in [-0.25, -0.2) is 0 Å². The first kappa shape index (κ1) is 6.80. The molecule has 0 N–H and O–H groups in total. The van der Waals surface area contributed by atoms with Gasteiger partial charge in [0.05, 0.1) is 0 Å². The maximum absolute atomic E-state index is 4.35. The molecule has 2 heteroatoms. The van der Waals surface area contributed by atoms with Gasteiger partial charge in [-0.15, -0.1) is 12.6 Å². The Balaban J connectivity index is 2.94. The highest BCUT2D eigenvalue weighted by molar-refractivity contribution is 7.80. The van der Waals surface area contributed by atoms with Crippen LogP contribution in [0.15, 0.2) is 35.4 Å². The van der Waals surface area contributed by atoms with Gasteiger partial charge in [-0.2, -0.15) is 0 Å². The zero-order valence-corrected chi connectivity index (χ0v) is 7.18. The second-order valence-corrected chi connectivity index (χ2v) is 3.12. The van der Waals surface area contributed by atoms with E-state index < -0.39 is 0 Å². The minimum absolute atomic E-state index is 1.04. The summed E-state index contributed by atoms with van der Waals surface area (Å²) in [5, 5.41) is 1.22. The molecule has 1 aromatic heterocycles. The van der Waals surface area contributed by atoms with Crippen LogP contribution in [0.5, 0.6) is 0 Å². The van der Waals surface area contributed by atoms with Crippen LogP contribution in [0.25, 0.3) is 10.9 Å². The van der Waals surface area contributed by atoms with Gasteiger partial charge in [0.15, 0.2) is 0 Å². The van der Waals surface area contributed by atoms with Crippen LogP contribution in [0.3, 0.4) is 0 Å². The van der Waals surface area contributed by atoms with Crippen molar-refractivity contribution in [2.75, 3.05) is 0 Å². The maximum Gasteiger partial charge on any atom is 0.0488 e. The second-order valence-electron chi connectivity index (χ2n) is 2.64. The largest absolute Gasteiger partial charge is 0.351 e. The van der Waals surface area contributed by atoms with Crippen molar-refractivity contribution in [1.29, 1.82) is 0 Å². The first-order valence-electron chi connectivity index (χ1n) is 3.52. The highest BCUT2D eigenvalue weighted by Gasteiger charge is 1.98. The van der Waals surface area contributed by atoms with Crippen molar-refractivity contribution in [3.63, 3.8) is 0 Å². The van der Waals surface area contributed by atoms with Gasteiger partial charge in [0.25, 0.3) is 0 Å². The third kappa shape index (κ3) is 0.942. The van der Waals surface area contributed by atoms with Gasteiger partial charge in [-0.3, -0.25) is 0 Å². The van der Waals surface area contributed by atoms with Crippen LogP contribution in [0.4, 0.5) is 0 Å². The second kappa shape index (κ2) is 2.31. The summed E-state index contributed by atoms with van der Waals surface area (Å²) in [5.41, 5.74) is 1.23. The lowest BCUT2D eigenvalue weighted by molar-refractivity contribution is 0.969. The van der Waals surface area contributed by atoms with Crippen LogP contribution >= 0.6 is 12.6 Å². The SMILES string of the molecule is Cn1ccc2c(S)cccc21. The molecule has 0 bridgehead atoms. The number of rotatable bonds is 0. The predicted molar refractivity (Wildman–Crippen MR) is 50.2 cm³/mol. The molecular formula is C9H9NS. The van der Waals surface area contributed by atoms with Crippen molar-refractivity contribution in [3.8, 4) is 0 Å². The van der Waals surface area contributed by atoms with E-state index >= 15 is 0 Å². The van der Waals surface area contributed by atoms with E-state index in [0.717, 1.165) is 4.90 Å². The molecule has 0 spiro atoms. The third-order valence-electron chi connectivity index (χ3n) is 1.90. The minimum atomic E-state index is 1.04. The van der Waals surface area contributed by atoms with E-state index in [9.17, 15) is 0 Å². The molecule has 0 aliphatic carbocycles. The minimum Gasteiger partial charge on any atom is -0.351 e. The molecule has 0 saturated heterocycles. The molecule has 0 unspecified atom stereocenters. The molecule has 11 heavy (non-hydrogen) atoms. The molecule has 0 atom stereocenters. The van der Waals surface area contributed by atoms with Crippen LogP contribution in [0.1, 0.15) is 0 Å². The van der Waals surface area contributed by atoms with Gasteiger partial charge < -0.3 is 4.57 Å². The van der Waals surface area contributed by atoms with Crippen molar-refractivity contribution in [1.82, 2.24) is 4.57 Å². The number of benzene rings is 1. The Hall–Kier alpha value is -0.890. The lowest BCUT2D eigenvalue weighted by atomic mass is 10.2. The standard InChI is InChI=1S/C9H9NS/c1-10-6-5-7-8(10)3-2-4-9(7)11/h2-6,11H,1H3. The predicted octanol–water partition coefficient (Wildman–Crippen LogP) is 2.47. The number of aryl methyl sites for hydroxylation is 1. The van der Waals surface area contributed by atoms with E-state index in [1.807, 2.05) is 25.4 Å². The first-order valence-corrected chi connectivity index (χ1v) is 3.97. The fourth-order valence-electron chi connectivity index (χ4n) is 1.29. The summed E-state index contributed by atoms with van der Waals surface area (Å²) < 4.78 is 2.09. The normalized spacial score (nSPS) is 10.7. The molecule has 1 nitrogen and oxygen atoms in total. The molecule has 56 valence electrons. The Morgan fingerprint density at radius 1 is 1.27 bits per heavy atom. The molecule has 0 radical (unpaired) electrons. The van der Waals surface area contributed by atoms with Crippen molar-refractivity contribution in [2.24, 2.45) is 7.05 Å². The van der Waals surface area contributed by atoms with Crippen molar-refractivity contribution in [2.45, 2.75) is 4.90 Å². The lowest BCUT2D eigenvalue weighted by Crippen LogP contribution is -1.82. The Labute approximate surface area is 71.1 Å². The lowest BCUT2D eigenvalue weighted by Gasteiger charge is -1.96. The van der Waals surface area contributed by atoms with Gasteiger partial charge in [0, 0.05) is 29.0 Å². The molecule has 0 aliphatic rings. The smallest absolute Gasteiger partial charge is 0.0488 e. The van der Waals surface area contributed by atoms with Crippen LogP contribution in [-0.4, -0.2) is 4.57 Å². The van der Waals surface area contributed by atoms with Gasteiger partial charge in [-0.05, 0) is 18.2 Å². The van der Waals surface area contributed by atoms with Crippen molar-refractivity contribution in [3.05, 3.63) is 30.5 Å². The molecule has 1 aromatic carbocycles. The average molecular weight is 163 g/mol. The van der Waals surface area contributed by atoms with Gasteiger partial charge >= 0.3 is 0 Å². The summed E-state index contributed by atoms with van der Waals surface area (Å²) >= 11 is 4.35. The monoisotopic (exact) mass is 163 g/mol. The highest BCUT2D eigenvalue weighted by atomic mass is 32.1.